The third-order valence-electron chi connectivity index (χ3n) is 3.48. The van der Waals surface area contributed by atoms with Crippen LogP contribution in [-0.2, 0) is 4.74 Å². The number of esters is 1. The normalized spacial score (nSPS) is 15.2. The lowest BCUT2D eigenvalue weighted by molar-refractivity contribution is 0.0527. The van der Waals surface area contributed by atoms with Crippen molar-refractivity contribution in [3.05, 3.63) is 23.8 Å². The summed E-state index contributed by atoms with van der Waals surface area (Å²) in [6.45, 7) is 4.28. The van der Waals surface area contributed by atoms with Crippen molar-refractivity contribution in [2.45, 2.75) is 26.2 Å². The summed E-state index contributed by atoms with van der Waals surface area (Å²) in [4.78, 5) is 14.4. The Morgan fingerprint density at radius 1 is 1.32 bits per heavy atom. The third kappa shape index (κ3) is 3.19. The molecular formula is C15H22N2O2. The van der Waals surface area contributed by atoms with Gasteiger partial charge < -0.3 is 15.0 Å². The second-order valence-electron chi connectivity index (χ2n) is 4.75. The van der Waals surface area contributed by atoms with Gasteiger partial charge in [0.2, 0.25) is 0 Å². The molecule has 0 radical (unpaired) electrons. The molecule has 0 bridgehead atoms. The van der Waals surface area contributed by atoms with Crippen LogP contribution in [0.3, 0.4) is 0 Å². The zero-order valence-electron chi connectivity index (χ0n) is 11.7. The van der Waals surface area contributed by atoms with E-state index >= 15 is 0 Å². The van der Waals surface area contributed by atoms with Gasteiger partial charge in [0.05, 0.1) is 17.9 Å². The maximum atomic E-state index is 12.1. The van der Waals surface area contributed by atoms with E-state index in [-0.39, 0.29) is 5.97 Å². The molecule has 1 fully saturated rings. The Kier molecular flexibility index (Phi) is 4.66. The van der Waals surface area contributed by atoms with Crippen molar-refractivity contribution in [2.75, 3.05) is 37.0 Å². The number of benzene rings is 1. The van der Waals surface area contributed by atoms with Crippen LogP contribution in [0.15, 0.2) is 18.2 Å². The van der Waals surface area contributed by atoms with Gasteiger partial charge in [0.1, 0.15) is 0 Å². The van der Waals surface area contributed by atoms with Gasteiger partial charge in [-0.25, -0.2) is 4.79 Å². The molecule has 2 rings (SSSR count). The molecule has 0 spiro atoms. The van der Waals surface area contributed by atoms with Crippen LogP contribution < -0.4 is 10.2 Å². The van der Waals surface area contributed by atoms with Crippen LogP contribution >= 0.6 is 0 Å². The molecule has 1 N–H and O–H groups in total. The number of carbonyl (C=O) groups is 1. The number of ether oxygens (including phenoxy) is 1. The van der Waals surface area contributed by atoms with Crippen LogP contribution in [-0.4, -0.2) is 32.7 Å². The van der Waals surface area contributed by atoms with Crippen molar-refractivity contribution in [3.63, 3.8) is 0 Å². The lowest BCUT2D eigenvalue weighted by Gasteiger charge is -2.30. The largest absolute Gasteiger partial charge is 0.462 e. The Balaban J connectivity index is 2.32. The van der Waals surface area contributed by atoms with Crippen molar-refractivity contribution in [1.82, 2.24) is 0 Å². The highest BCUT2D eigenvalue weighted by Gasteiger charge is 2.19. The number of hydrogen-bond donors (Lipinski definition) is 1. The first-order valence-electron chi connectivity index (χ1n) is 7.00. The lowest BCUT2D eigenvalue weighted by Crippen LogP contribution is -2.31. The molecule has 0 aliphatic carbocycles. The van der Waals surface area contributed by atoms with Crippen molar-refractivity contribution in [1.29, 1.82) is 0 Å². The quantitative estimate of drug-likeness (QED) is 0.847. The zero-order valence-corrected chi connectivity index (χ0v) is 11.7. The first-order valence-corrected chi connectivity index (χ1v) is 7.00. The van der Waals surface area contributed by atoms with Gasteiger partial charge in [-0.2, -0.15) is 0 Å². The van der Waals surface area contributed by atoms with Crippen LogP contribution in [0.1, 0.15) is 36.5 Å². The van der Waals surface area contributed by atoms with E-state index in [0.29, 0.717) is 12.2 Å². The summed E-state index contributed by atoms with van der Waals surface area (Å²) in [6, 6.07) is 5.90. The van der Waals surface area contributed by atoms with Crippen molar-refractivity contribution < 1.29 is 9.53 Å². The summed E-state index contributed by atoms with van der Waals surface area (Å²) in [7, 11) is 1.85. The van der Waals surface area contributed by atoms with Crippen LogP contribution in [0, 0.1) is 0 Å². The minimum absolute atomic E-state index is 0.236. The van der Waals surface area contributed by atoms with Gasteiger partial charge in [-0.1, -0.05) is 0 Å². The average Bonchev–Trinajstić information content (AvgIpc) is 2.47. The van der Waals surface area contributed by atoms with Gasteiger partial charge in [-0.05, 0) is 44.4 Å². The number of anilines is 2. The molecule has 4 heteroatoms. The predicted molar refractivity (Wildman–Crippen MR) is 78.0 cm³/mol. The smallest absolute Gasteiger partial charge is 0.340 e. The highest BCUT2D eigenvalue weighted by atomic mass is 16.5. The second-order valence-corrected chi connectivity index (χ2v) is 4.75. The number of rotatable bonds is 4. The molecule has 104 valence electrons. The maximum absolute atomic E-state index is 12.1. The maximum Gasteiger partial charge on any atom is 0.340 e. The summed E-state index contributed by atoms with van der Waals surface area (Å²) < 4.78 is 5.17. The van der Waals surface area contributed by atoms with E-state index in [9.17, 15) is 4.79 Å². The fourth-order valence-electron chi connectivity index (χ4n) is 2.47. The van der Waals surface area contributed by atoms with E-state index in [0.717, 1.165) is 24.5 Å². The summed E-state index contributed by atoms with van der Waals surface area (Å²) in [5.41, 5.74) is 2.59. The van der Waals surface area contributed by atoms with Crippen molar-refractivity contribution in [2.24, 2.45) is 0 Å². The first-order chi connectivity index (χ1) is 9.26. The summed E-state index contributed by atoms with van der Waals surface area (Å²) in [5, 5.41) is 3.07. The fraction of sp³-hybridized carbons (Fsp3) is 0.533. The molecule has 0 saturated carbocycles. The zero-order chi connectivity index (χ0) is 13.7. The number of piperidine rings is 1. The van der Waals surface area contributed by atoms with E-state index in [2.05, 4.69) is 10.2 Å². The summed E-state index contributed by atoms with van der Waals surface area (Å²) >= 11 is 0. The molecule has 1 aliphatic rings. The van der Waals surface area contributed by atoms with E-state index in [1.165, 1.54) is 19.3 Å². The monoisotopic (exact) mass is 262 g/mol. The Bertz CT molecular complexity index is 440. The minimum atomic E-state index is -0.236. The van der Waals surface area contributed by atoms with E-state index < -0.39 is 0 Å². The van der Waals surface area contributed by atoms with E-state index in [1.807, 2.05) is 32.2 Å². The molecule has 1 saturated heterocycles. The van der Waals surface area contributed by atoms with E-state index in [1.54, 1.807) is 0 Å². The molecule has 1 aliphatic heterocycles. The number of hydrogen-bond acceptors (Lipinski definition) is 4. The molecule has 1 heterocycles. The molecule has 4 nitrogen and oxygen atoms in total. The molecular weight excluding hydrogens is 240 g/mol. The van der Waals surface area contributed by atoms with Gasteiger partial charge in [-0.3, -0.25) is 0 Å². The SMILES string of the molecule is CCOC(=O)c1cc(NC)ccc1N1CCCCC1. The second kappa shape index (κ2) is 6.45. The number of nitrogens with zero attached hydrogens (tertiary/aromatic N) is 1. The molecule has 0 amide bonds. The third-order valence-corrected chi connectivity index (χ3v) is 3.48. The number of nitrogens with one attached hydrogen (secondary N) is 1. The molecule has 0 aromatic heterocycles. The van der Waals surface area contributed by atoms with Crippen LogP contribution in [0.5, 0.6) is 0 Å². The average molecular weight is 262 g/mol. The van der Waals surface area contributed by atoms with Crippen LogP contribution in [0.25, 0.3) is 0 Å². The Hall–Kier alpha value is -1.71. The van der Waals surface area contributed by atoms with Crippen molar-refractivity contribution >= 4 is 17.3 Å². The van der Waals surface area contributed by atoms with Gasteiger partial charge >= 0.3 is 5.97 Å². The van der Waals surface area contributed by atoms with E-state index in [4.69, 9.17) is 4.74 Å². The topological polar surface area (TPSA) is 41.6 Å². The predicted octanol–water partition coefficient (Wildman–Crippen LogP) is 2.90. The van der Waals surface area contributed by atoms with Gasteiger partial charge in [0.15, 0.2) is 0 Å². The Morgan fingerprint density at radius 2 is 2.05 bits per heavy atom. The van der Waals surface area contributed by atoms with Crippen LogP contribution in [0.2, 0.25) is 0 Å². The first kappa shape index (κ1) is 13.7. The van der Waals surface area contributed by atoms with Crippen LogP contribution in [0.4, 0.5) is 11.4 Å². The number of carbonyl (C=O) groups excluding carboxylic acids is 1. The van der Waals surface area contributed by atoms with Crippen molar-refractivity contribution in [3.8, 4) is 0 Å². The summed E-state index contributed by atoms with van der Waals surface area (Å²) in [6.07, 6.45) is 3.66. The Labute approximate surface area is 114 Å². The lowest BCUT2D eigenvalue weighted by atomic mass is 10.1. The molecule has 19 heavy (non-hydrogen) atoms. The Morgan fingerprint density at radius 3 is 2.68 bits per heavy atom. The molecule has 0 atom stereocenters. The fourth-order valence-corrected chi connectivity index (χ4v) is 2.47. The van der Waals surface area contributed by atoms with Gasteiger partial charge in [0.25, 0.3) is 0 Å². The standard InChI is InChI=1S/C15H22N2O2/c1-3-19-15(18)13-11-12(16-2)7-8-14(13)17-9-5-4-6-10-17/h7-8,11,16H,3-6,9-10H2,1-2H3. The van der Waals surface area contributed by atoms with Gasteiger partial charge in [-0.15, -0.1) is 0 Å². The minimum Gasteiger partial charge on any atom is -0.462 e. The highest BCUT2D eigenvalue weighted by molar-refractivity contribution is 5.97. The molecule has 1 aromatic carbocycles. The molecule has 1 aromatic rings. The summed E-state index contributed by atoms with van der Waals surface area (Å²) in [5.74, 6) is -0.236. The van der Waals surface area contributed by atoms with Gasteiger partial charge in [0, 0.05) is 25.8 Å². The molecule has 0 unspecified atom stereocenters. The highest BCUT2D eigenvalue weighted by Crippen LogP contribution is 2.27.